The van der Waals surface area contributed by atoms with E-state index in [0.717, 1.165) is 12.5 Å². The van der Waals surface area contributed by atoms with E-state index in [4.69, 9.17) is 0 Å². The minimum atomic E-state index is 0.541. The standard InChI is InChI=1S/C13H29N/c1-6-12(7-2)13(8-3,9-4)11-14-10-5/h12,14H,6-11H2,1-5H3. The first-order valence-corrected chi connectivity index (χ1v) is 6.41. The molecule has 0 spiro atoms. The van der Waals surface area contributed by atoms with Crippen molar-refractivity contribution in [2.45, 2.75) is 60.3 Å². The summed E-state index contributed by atoms with van der Waals surface area (Å²) in [5.74, 6) is 0.886. The van der Waals surface area contributed by atoms with Gasteiger partial charge < -0.3 is 5.32 Å². The van der Waals surface area contributed by atoms with Gasteiger partial charge >= 0.3 is 0 Å². The smallest absolute Gasteiger partial charge is 0.00101 e. The Labute approximate surface area is 90.7 Å². The van der Waals surface area contributed by atoms with Crippen LogP contribution >= 0.6 is 0 Å². The molecule has 0 bridgehead atoms. The van der Waals surface area contributed by atoms with E-state index in [1.54, 1.807) is 0 Å². The van der Waals surface area contributed by atoms with Crippen LogP contribution in [0.25, 0.3) is 0 Å². The molecule has 0 heterocycles. The van der Waals surface area contributed by atoms with Crippen molar-refractivity contribution in [3.05, 3.63) is 0 Å². The van der Waals surface area contributed by atoms with E-state index >= 15 is 0 Å². The van der Waals surface area contributed by atoms with Crippen molar-refractivity contribution in [2.24, 2.45) is 11.3 Å². The largest absolute Gasteiger partial charge is 0.316 e. The molecule has 14 heavy (non-hydrogen) atoms. The van der Waals surface area contributed by atoms with Gasteiger partial charge in [0.25, 0.3) is 0 Å². The average Bonchev–Trinajstić information content (AvgIpc) is 2.24. The molecule has 0 aromatic heterocycles. The van der Waals surface area contributed by atoms with E-state index in [9.17, 15) is 0 Å². The molecule has 0 fully saturated rings. The summed E-state index contributed by atoms with van der Waals surface area (Å²) in [7, 11) is 0. The maximum atomic E-state index is 3.54. The van der Waals surface area contributed by atoms with Gasteiger partial charge in [0.2, 0.25) is 0 Å². The lowest BCUT2D eigenvalue weighted by atomic mass is 9.69. The van der Waals surface area contributed by atoms with Gasteiger partial charge in [-0.1, -0.05) is 47.5 Å². The zero-order chi connectivity index (χ0) is 11.0. The molecule has 0 aliphatic rings. The maximum Gasteiger partial charge on any atom is 0.00101 e. The van der Waals surface area contributed by atoms with E-state index in [-0.39, 0.29) is 0 Å². The molecule has 0 amide bonds. The lowest BCUT2D eigenvalue weighted by Crippen LogP contribution is -2.39. The molecule has 1 heteroatoms. The Bertz CT molecular complexity index is 123. The van der Waals surface area contributed by atoms with Crippen LogP contribution in [-0.4, -0.2) is 13.1 Å². The van der Waals surface area contributed by atoms with Crippen LogP contribution in [0.4, 0.5) is 0 Å². The summed E-state index contributed by atoms with van der Waals surface area (Å²) in [4.78, 5) is 0. The van der Waals surface area contributed by atoms with Crippen molar-refractivity contribution in [3.63, 3.8) is 0 Å². The van der Waals surface area contributed by atoms with Crippen LogP contribution in [0.5, 0.6) is 0 Å². The quantitative estimate of drug-likeness (QED) is 0.626. The van der Waals surface area contributed by atoms with Gasteiger partial charge in [0.1, 0.15) is 0 Å². The second kappa shape index (κ2) is 7.28. The van der Waals surface area contributed by atoms with Gasteiger partial charge in [0.15, 0.2) is 0 Å². The van der Waals surface area contributed by atoms with E-state index < -0.39 is 0 Å². The van der Waals surface area contributed by atoms with Crippen molar-refractivity contribution >= 4 is 0 Å². The second-order valence-corrected chi connectivity index (χ2v) is 4.36. The van der Waals surface area contributed by atoms with Crippen LogP contribution in [0.3, 0.4) is 0 Å². The lowest BCUT2D eigenvalue weighted by molar-refractivity contribution is 0.129. The molecule has 0 radical (unpaired) electrons. The van der Waals surface area contributed by atoms with Crippen LogP contribution in [-0.2, 0) is 0 Å². The van der Waals surface area contributed by atoms with E-state index in [1.165, 1.54) is 32.2 Å². The summed E-state index contributed by atoms with van der Waals surface area (Å²) in [5.41, 5.74) is 0.541. The highest BCUT2D eigenvalue weighted by molar-refractivity contribution is 4.85. The summed E-state index contributed by atoms with van der Waals surface area (Å²) in [6.07, 6.45) is 5.26. The highest BCUT2D eigenvalue weighted by atomic mass is 14.9. The summed E-state index contributed by atoms with van der Waals surface area (Å²) in [6.45, 7) is 13.9. The van der Waals surface area contributed by atoms with Gasteiger partial charge in [-0.2, -0.15) is 0 Å². The van der Waals surface area contributed by atoms with Gasteiger partial charge in [0.05, 0.1) is 0 Å². The number of rotatable bonds is 8. The second-order valence-electron chi connectivity index (χ2n) is 4.36. The van der Waals surface area contributed by atoms with E-state index in [2.05, 4.69) is 39.9 Å². The molecule has 1 N–H and O–H groups in total. The van der Waals surface area contributed by atoms with E-state index in [0.29, 0.717) is 5.41 Å². The molecule has 0 aliphatic heterocycles. The Balaban J connectivity index is 4.47. The molecule has 86 valence electrons. The fourth-order valence-corrected chi connectivity index (χ4v) is 2.75. The minimum Gasteiger partial charge on any atom is -0.316 e. The first-order chi connectivity index (χ1) is 6.70. The Kier molecular flexibility index (Phi) is 7.26. The van der Waals surface area contributed by atoms with Crippen LogP contribution in [0.15, 0.2) is 0 Å². The first kappa shape index (κ1) is 14.0. The van der Waals surface area contributed by atoms with Crippen molar-refractivity contribution < 1.29 is 0 Å². The normalized spacial score (nSPS) is 12.4. The third-order valence-corrected chi connectivity index (χ3v) is 3.99. The SMILES string of the molecule is CCNCC(CC)(CC)C(CC)CC. The van der Waals surface area contributed by atoms with Gasteiger partial charge in [-0.05, 0) is 30.7 Å². The van der Waals surface area contributed by atoms with E-state index in [1.807, 2.05) is 0 Å². The molecule has 0 saturated carbocycles. The topological polar surface area (TPSA) is 12.0 Å². The Morgan fingerprint density at radius 2 is 1.43 bits per heavy atom. The molecule has 0 unspecified atom stereocenters. The molecule has 0 rings (SSSR count). The van der Waals surface area contributed by atoms with Crippen molar-refractivity contribution in [1.82, 2.24) is 5.32 Å². The van der Waals surface area contributed by atoms with Crippen LogP contribution < -0.4 is 5.32 Å². The van der Waals surface area contributed by atoms with Gasteiger partial charge in [-0.15, -0.1) is 0 Å². The summed E-state index contributed by atoms with van der Waals surface area (Å²) < 4.78 is 0. The third-order valence-electron chi connectivity index (χ3n) is 3.99. The van der Waals surface area contributed by atoms with Gasteiger partial charge in [-0.25, -0.2) is 0 Å². The summed E-state index contributed by atoms with van der Waals surface area (Å²) in [6, 6.07) is 0. The van der Waals surface area contributed by atoms with Crippen molar-refractivity contribution in [2.75, 3.05) is 13.1 Å². The first-order valence-electron chi connectivity index (χ1n) is 6.41. The summed E-state index contributed by atoms with van der Waals surface area (Å²) >= 11 is 0. The van der Waals surface area contributed by atoms with Gasteiger partial charge in [0, 0.05) is 6.54 Å². The predicted octanol–water partition coefficient (Wildman–Crippen LogP) is 3.84. The Morgan fingerprint density at radius 1 is 0.929 bits per heavy atom. The molecule has 0 aliphatic carbocycles. The molecule has 0 saturated heterocycles. The highest BCUT2D eigenvalue weighted by Gasteiger charge is 2.32. The molecule has 0 aromatic rings. The minimum absolute atomic E-state index is 0.541. The number of hydrogen-bond acceptors (Lipinski definition) is 1. The highest BCUT2D eigenvalue weighted by Crippen LogP contribution is 2.38. The Hall–Kier alpha value is -0.0400. The molecule has 0 aromatic carbocycles. The predicted molar refractivity (Wildman–Crippen MR) is 65.6 cm³/mol. The average molecular weight is 199 g/mol. The van der Waals surface area contributed by atoms with Crippen LogP contribution in [0.1, 0.15) is 60.3 Å². The van der Waals surface area contributed by atoms with Gasteiger partial charge in [-0.3, -0.25) is 0 Å². The number of hydrogen-bond donors (Lipinski definition) is 1. The molecule has 0 atom stereocenters. The fraction of sp³-hybridized carbons (Fsp3) is 1.00. The molecule has 1 nitrogen and oxygen atoms in total. The molecular formula is C13H29N. The van der Waals surface area contributed by atoms with Crippen LogP contribution in [0.2, 0.25) is 0 Å². The zero-order valence-electron chi connectivity index (χ0n) is 10.8. The third kappa shape index (κ3) is 3.27. The van der Waals surface area contributed by atoms with Crippen LogP contribution in [0, 0.1) is 11.3 Å². The monoisotopic (exact) mass is 199 g/mol. The maximum absolute atomic E-state index is 3.54. The zero-order valence-corrected chi connectivity index (χ0v) is 10.8. The van der Waals surface area contributed by atoms with Crippen molar-refractivity contribution in [1.29, 1.82) is 0 Å². The number of nitrogens with one attached hydrogen (secondary N) is 1. The molecular weight excluding hydrogens is 170 g/mol. The lowest BCUT2D eigenvalue weighted by Gasteiger charge is -2.39. The summed E-state index contributed by atoms with van der Waals surface area (Å²) in [5, 5.41) is 3.54. The van der Waals surface area contributed by atoms with Crippen molar-refractivity contribution in [3.8, 4) is 0 Å². The fourth-order valence-electron chi connectivity index (χ4n) is 2.75. The Morgan fingerprint density at radius 3 is 1.71 bits per heavy atom.